The quantitative estimate of drug-likeness (QED) is 0.626. The van der Waals surface area contributed by atoms with Crippen molar-refractivity contribution < 1.29 is 4.74 Å². The predicted molar refractivity (Wildman–Crippen MR) is 78.6 cm³/mol. The number of rotatable bonds is 1. The Morgan fingerprint density at radius 2 is 1.89 bits per heavy atom. The molecule has 0 spiro atoms. The van der Waals surface area contributed by atoms with Crippen LogP contribution in [0.25, 0.3) is 10.2 Å². The smallest absolute Gasteiger partial charge is 0.154 e. The summed E-state index contributed by atoms with van der Waals surface area (Å²) in [5.74, 6) is 7.14. The molecule has 0 aliphatic rings. The second-order valence-corrected chi connectivity index (χ2v) is 4.94. The predicted octanol–water partition coefficient (Wildman–Crippen LogP) is 3.70. The van der Waals surface area contributed by atoms with E-state index < -0.39 is 0 Å². The summed E-state index contributed by atoms with van der Waals surface area (Å²) >= 11 is 1.56. The average molecular weight is 265 g/mol. The van der Waals surface area contributed by atoms with Gasteiger partial charge in [-0.1, -0.05) is 24.1 Å². The van der Waals surface area contributed by atoms with Gasteiger partial charge >= 0.3 is 0 Å². The Morgan fingerprint density at radius 1 is 1.05 bits per heavy atom. The Bertz CT molecular complexity index is 766. The van der Waals surface area contributed by atoms with Crippen molar-refractivity contribution in [3.05, 3.63) is 59.1 Å². The van der Waals surface area contributed by atoms with E-state index in [0.717, 1.165) is 26.4 Å². The molecule has 19 heavy (non-hydrogen) atoms. The molecule has 0 saturated carbocycles. The van der Waals surface area contributed by atoms with Crippen LogP contribution in [0.3, 0.4) is 0 Å². The van der Waals surface area contributed by atoms with Crippen molar-refractivity contribution in [2.75, 3.05) is 7.11 Å². The molecular formula is C16H11NOS. The van der Waals surface area contributed by atoms with E-state index in [1.807, 2.05) is 42.5 Å². The van der Waals surface area contributed by atoms with Crippen molar-refractivity contribution in [1.82, 2.24) is 4.98 Å². The van der Waals surface area contributed by atoms with Crippen LogP contribution in [0.5, 0.6) is 5.75 Å². The van der Waals surface area contributed by atoms with Gasteiger partial charge in [-0.15, -0.1) is 11.3 Å². The minimum Gasteiger partial charge on any atom is -0.494 e. The molecule has 0 amide bonds. The van der Waals surface area contributed by atoms with Crippen molar-refractivity contribution in [3.63, 3.8) is 0 Å². The van der Waals surface area contributed by atoms with E-state index in [0.29, 0.717) is 0 Å². The first-order chi connectivity index (χ1) is 9.38. The lowest BCUT2D eigenvalue weighted by Gasteiger charge is -1.96. The van der Waals surface area contributed by atoms with Gasteiger partial charge < -0.3 is 4.74 Å². The maximum Gasteiger partial charge on any atom is 0.154 e. The molecule has 2 nitrogen and oxygen atoms in total. The number of pyridine rings is 1. The maximum absolute atomic E-state index is 5.45. The molecule has 0 atom stereocenters. The van der Waals surface area contributed by atoms with Gasteiger partial charge in [-0.25, -0.2) is 4.98 Å². The van der Waals surface area contributed by atoms with Crippen molar-refractivity contribution in [3.8, 4) is 17.6 Å². The van der Waals surface area contributed by atoms with Gasteiger partial charge in [0.25, 0.3) is 0 Å². The van der Waals surface area contributed by atoms with Crippen LogP contribution < -0.4 is 4.74 Å². The second kappa shape index (κ2) is 5.13. The molecule has 3 aromatic rings. The molecule has 3 heteroatoms. The fraction of sp³-hybridized carbons (Fsp3) is 0.0625. The van der Waals surface area contributed by atoms with Crippen molar-refractivity contribution >= 4 is 21.6 Å². The highest BCUT2D eigenvalue weighted by atomic mass is 32.1. The summed E-state index contributed by atoms with van der Waals surface area (Å²) in [4.78, 5) is 6.21. The summed E-state index contributed by atoms with van der Waals surface area (Å²) in [6.45, 7) is 0. The van der Waals surface area contributed by atoms with Crippen LogP contribution in [0.1, 0.15) is 10.4 Å². The Labute approximate surface area is 115 Å². The van der Waals surface area contributed by atoms with Crippen molar-refractivity contribution in [1.29, 1.82) is 0 Å². The number of benzene rings is 1. The fourth-order valence-electron chi connectivity index (χ4n) is 1.85. The van der Waals surface area contributed by atoms with Crippen LogP contribution in [0, 0.1) is 11.8 Å². The summed E-state index contributed by atoms with van der Waals surface area (Å²) in [5, 5.41) is 1.02. The molecule has 92 valence electrons. The zero-order valence-electron chi connectivity index (χ0n) is 10.4. The monoisotopic (exact) mass is 265 g/mol. The molecule has 0 radical (unpaired) electrons. The van der Waals surface area contributed by atoms with E-state index in [-0.39, 0.29) is 0 Å². The number of nitrogens with zero attached hydrogens (tertiary/aromatic N) is 1. The molecular weight excluding hydrogens is 254 g/mol. The van der Waals surface area contributed by atoms with Crippen LogP contribution in [0.2, 0.25) is 0 Å². The van der Waals surface area contributed by atoms with Gasteiger partial charge in [0.15, 0.2) is 5.75 Å². The average Bonchev–Trinajstić information content (AvgIpc) is 2.83. The molecule has 1 aromatic carbocycles. The van der Waals surface area contributed by atoms with E-state index >= 15 is 0 Å². The summed E-state index contributed by atoms with van der Waals surface area (Å²) < 4.78 is 5.45. The van der Waals surface area contributed by atoms with E-state index in [4.69, 9.17) is 4.74 Å². The number of hydrogen-bond acceptors (Lipinski definition) is 3. The lowest BCUT2D eigenvalue weighted by Crippen LogP contribution is -1.83. The molecule has 0 unspecified atom stereocenters. The van der Waals surface area contributed by atoms with Crippen LogP contribution in [0.4, 0.5) is 0 Å². The zero-order chi connectivity index (χ0) is 13.1. The molecule has 0 aliphatic heterocycles. The first-order valence-electron chi connectivity index (χ1n) is 5.87. The van der Waals surface area contributed by atoms with Crippen molar-refractivity contribution in [2.45, 2.75) is 0 Å². The van der Waals surface area contributed by atoms with Crippen LogP contribution in [-0.2, 0) is 0 Å². The molecule has 0 N–H and O–H groups in total. The molecule has 0 bridgehead atoms. The molecule has 0 fully saturated rings. The number of hydrogen-bond donors (Lipinski definition) is 0. The lowest BCUT2D eigenvalue weighted by molar-refractivity contribution is 0.420. The number of aromatic nitrogens is 1. The van der Waals surface area contributed by atoms with E-state index in [2.05, 4.69) is 16.8 Å². The van der Waals surface area contributed by atoms with E-state index in [9.17, 15) is 0 Å². The van der Waals surface area contributed by atoms with Crippen LogP contribution in [-0.4, -0.2) is 12.1 Å². The second-order valence-electron chi connectivity index (χ2n) is 3.94. The standard InChI is InChI=1S/C16H11NOS/c1-18-15-13-8-5-11-17-16(13)19-14(15)10-9-12-6-3-2-4-7-12/h2-8,11H,1H3. The molecule has 2 aromatic heterocycles. The number of thiophene rings is 1. The number of fused-ring (bicyclic) bond motifs is 1. The first-order valence-corrected chi connectivity index (χ1v) is 6.68. The first kappa shape index (κ1) is 11.8. The van der Waals surface area contributed by atoms with Crippen molar-refractivity contribution in [2.24, 2.45) is 0 Å². The fourth-order valence-corrected chi connectivity index (χ4v) is 2.81. The third-order valence-electron chi connectivity index (χ3n) is 2.72. The zero-order valence-corrected chi connectivity index (χ0v) is 11.2. The molecule has 0 saturated heterocycles. The molecule has 2 heterocycles. The number of ether oxygens (including phenoxy) is 1. The Morgan fingerprint density at radius 3 is 2.68 bits per heavy atom. The highest BCUT2D eigenvalue weighted by molar-refractivity contribution is 7.19. The van der Waals surface area contributed by atoms with Crippen LogP contribution >= 0.6 is 11.3 Å². The largest absolute Gasteiger partial charge is 0.494 e. The van der Waals surface area contributed by atoms with Crippen LogP contribution in [0.15, 0.2) is 48.7 Å². The molecule has 3 rings (SSSR count). The highest BCUT2D eigenvalue weighted by Gasteiger charge is 2.11. The Balaban J connectivity index is 2.09. The van der Waals surface area contributed by atoms with Gasteiger partial charge in [0.2, 0.25) is 0 Å². The Kier molecular flexibility index (Phi) is 3.18. The Hall–Kier alpha value is -2.31. The summed E-state index contributed by atoms with van der Waals surface area (Å²) in [6.07, 6.45) is 1.78. The normalized spacial score (nSPS) is 9.95. The topological polar surface area (TPSA) is 22.1 Å². The van der Waals surface area contributed by atoms with Gasteiger partial charge in [0.1, 0.15) is 9.71 Å². The third-order valence-corrected chi connectivity index (χ3v) is 3.73. The van der Waals surface area contributed by atoms with Gasteiger partial charge in [-0.05, 0) is 30.2 Å². The van der Waals surface area contributed by atoms with Gasteiger partial charge in [-0.3, -0.25) is 0 Å². The summed E-state index contributed by atoms with van der Waals surface area (Å²) in [5.41, 5.74) is 0.995. The maximum atomic E-state index is 5.45. The van der Waals surface area contributed by atoms with Gasteiger partial charge in [0, 0.05) is 11.8 Å². The summed E-state index contributed by atoms with van der Waals surface area (Å²) in [7, 11) is 1.67. The molecule has 0 aliphatic carbocycles. The minimum absolute atomic E-state index is 0.816. The van der Waals surface area contributed by atoms with E-state index in [1.165, 1.54) is 0 Å². The minimum atomic E-state index is 0.816. The SMILES string of the molecule is COc1c(C#Cc2ccccc2)sc2ncccc12. The third kappa shape index (κ3) is 2.31. The summed E-state index contributed by atoms with van der Waals surface area (Å²) in [6, 6.07) is 13.8. The van der Waals surface area contributed by atoms with Gasteiger partial charge in [-0.2, -0.15) is 0 Å². The van der Waals surface area contributed by atoms with Gasteiger partial charge in [0.05, 0.1) is 12.5 Å². The van der Waals surface area contributed by atoms with E-state index in [1.54, 1.807) is 24.6 Å². The lowest BCUT2D eigenvalue weighted by atomic mass is 10.2. The number of methoxy groups -OCH3 is 1. The highest BCUT2D eigenvalue weighted by Crippen LogP contribution is 2.35.